The maximum absolute atomic E-state index is 14.5. The van der Waals surface area contributed by atoms with E-state index in [2.05, 4.69) is 43.4 Å². The highest BCUT2D eigenvalue weighted by Gasteiger charge is 2.38. The van der Waals surface area contributed by atoms with Crippen LogP contribution in [0.25, 0.3) is 0 Å². The summed E-state index contributed by atoms with van der Waals surface area (Å²) >= 11 is 1.70. The number of nitrogens with one attached hydrogen (secondary N) is 1. The lowest BCUT2D eigenvalue weighted by Gasteiger charge is -2.25. The Hall–Kier alpha value is -2.06. The first-order valence-corrected chi connectivity index (χ1v) is 9.96. The van der Waals surface area contributed by atoms with Gasteiger partial charge in [-0.05, 0) is 75.0 Å². The number of piperidine rings is 1. The minimum atomic E-state index is -5.08. The Morgan fingerprint density at radius 1 is 1.07 bits per heavy atom. The van der Waals surface area contributed by atoms with E-state index in [9.17, 15) is 17.6 Å². The van der Waals surface area contributed by atoms with Crippen LogP contribution in [0.3, 0.4) is 0 Å². The normalized spacial score (nSPS) is 14.8. The number of hydrogen-bond donors (Lipinski definition) is 2. The van der Waals surface area contributed by atoms with Crippen LogP contribution < -0.4 is 5.32 Å². The fourth-order valence-electron chi connectivity index (χ4n) is 3.07. The molecule has 2 N–H and O–H groups in total. The van der Waals surface area contributed by atoms with Crippen LogP contribution in [0.4, 0.5) is 17.6 Å². The summed E-state index contributed by atoms with van der Waals surface area (Å²) < 4.78 is 46.2. The molecule has 0 spiro atoms. The van der Waals surface area contributed by atoms with Gasteiger partial charge in [-0.25, -0.2) is 9.18 Å². The first-order valence-electron chi connectivity index (χ1n) is 9.14. The van der Waals surface area contributed by atoms with Gasteiger partial charge in [-0.1, -0.05) is 30.0 Å². The van der Waals surface area contributed by atoms with Crippen LogP contribution in [0.1, 0.15) is 35.4 Å². The number of benzene rings is 2. The highest BCUT2D eigenvalue weighted by molar-refractivity contribution is 7.99. The average Bonchev–Trinajstić information content (AvgIpc) is 2.66. The average molecular weight is 429 g/mol. The molecule has 29 heavy (non-hydrogen) atoms. The number of hydrogen-bond acceptors (Lipinski definition) is 3. The summed E-state index contributed by atoms with van der Waals surface area (Å²) in [5, 5.41) is 10.5. The maximum atomic E-state index is 14.5. The van der Waals surface area contributed by atoms with Crippen LogP contribution in [-0.4, -0.2) is 30.3 Å². The van der Waals surface area contributed by atoms with Crippen molar-refractivity contribution in [2.45, 2.75) is 48.6 Å². The van der Waals surface area contributed by atoms with E-state index in [1.807, 2.05) is 6.07 Å². The molecule has 0 radical (unpaired) electrons. The molecule has 0 saturated carbocycles. The van der Waals surface area contributed by atoms with Gasteiger partial charge in [0.2, 0.25) is 0 Å². The van der Waals surface area contributed by atoms with Crippen molar-refractivity contribution in [2.24, 2.45) is 0 Å². The topological polar surface area (TPSA) is 49.3 Å². The summed E-state index contributed by atoms with van der Waals surface area (Å²) in [6, 6.07) is 11.8. The van der Waals surface area contributed by atoms with Gasteiger partial charge in [0, 0.05) is 15.4 Å². The van der Waals surface area contributed by atoms with Crippen molar-refractivity contribution in [1.29, 1.82) is 0 Å². The molecular weight excluding hydrogens is 406 g/mol. The second-order valence-corrected chi connectivity index (χ2v) is 7.86. The van der Waals surface area contributed by atoms with Crippen LogP contribution in [0.15, 0.2) is 46.2 Å². The van der Waals surface area contributed by atoms with E-state index in [0.717, 1.165) is 36.4 Å². The van der Waals surface area contributed by atoms with Crippen molar-refractivity contribution in [1.82, 2.24) is 5.32 Å². The van der Waals surface area contributed by atoms with Gasteiger partial charge < -0.3 is 10.4 Å². The number of halogens is 4. The summed E-state index contributed by atoms with van der Waals surface area (Å²) in [7, 11) is 0. The highest BCUT2D eigenvalue weighted by atomic mass is 32.2. The van der Waals surface area contributed by atoms with Crippen LogP contribution >= 0.6 is 11.8 Å². The number of carboxylic acid groups (broad SMARTS) is 1. The van der Waals surface area contributed by atoms with Crippen molar-refractivity contribution in [2.75, 3.05) is 13.1 Å². The number of aryl methyl sites for hydroxylation is 1. The molecule has 8 heteroatoms. The summed E-state index contributed by atoms with van der Waals surface area (Å²) in [5.74, 6) is -2.48. The monoisotopic (exact) mass is 429 g/mol. The number of rotatable bonds is 3. The third-order valence-corrected chi connectivity index (χ3v) is 6.02. The minimum absolute atomic E-state index is 0.0535. The van der Waals surface area contributed by atoms with Crippen LogP contribution in [0.2, 0.25) is 0 Å². The summed E-state index contributed by atoms with van der Waals surface area (Å²) in [4.78, 5) is 11.2. The van der Waals surface area contributed by atoms with Gasteiger partial charge in [0.25, 0.3) is 0 Å². The molecule has 3 rings (SSSR count). The zero-order valence-electron chi connectivity index (χ0n) is 16.1. The number of aliphatic carboxylic acids is 1. The van der Waals surface area contributed by atoms with Gasteiger partial charge in [-0.3, -0.25) is 0 Å². The fraction of sp³-hybridized carbons (Fsp3) is 0.381. The molecule has 158 valence electrons. The van der Waals surface area contributed by atoms with Crippen molar-refractivity contribution in [3.8, 4) is 0 Å². The molecule has 1 saturated heterocycles. The number of carboxylic acids is 1. The fourth-order valence-corrected chi connectivity index (χ4v) is 4.28. The van der Waals surface area contributed by atoms with Crippen LogP contribution in [-0.2, 0) is 4.79 Å². The SMILES string of the molecule is Cc1cccc(Sc2cccc(F)c2C2CCNCC2)c1C.O=C(O)C(F)(F)F. The number of carbonyl (C=O) groups is 1. The Kier molecular flexibility index (Phi) is 8.10. The molecule has 1 fully saturated rings. The molecule has 2 aromatic rings. The molecule has 2 aromatic carbocycles. The Balaban J connectivity index is 0.000000370. The van der Waals surface area contributed by atoms with E-state index >= 15 is 0 Å². The maximum Gasteiger partial charge on any atom is 0.490 e. The largest absolute Gasteiger partial charge is 0.490 e. The lowest BCUT2D eigenvalue weighted by molar-refractivity contribution is -0.192. The quantitative estimate of drug-likeness (QED) is 0.615. The second-order valence-electron chi connectivity index (χ2n) is 6.78. The van der Waals surface area contributed by atoms with Crippen LogP contribution in [0.5, 0.6) is 0 Å². The van der Waals surface area contributed by atoms with Gasteiger partial charge in [0.1, 0.15) is 5.82 Å². The minimum Gasteiger partial charge on any atom is -0.475 e. The molecule has 0 aliphatic carbocycles. The lowest BCUT2D eigenvalue weighted by Crippen LogP contribution is -2.27. The Morgan fingerprint density at radius 3 is 2.21 bits per heavy atom. The zero-order chi connectivity index (χ0) is 21.6. The Bertz CT molecular complexity index is 849. The van der Waals surface area contributed by atoms with Crippen molar-refractivity contribution in [3.05, 3.63) is 58.9 Å². The predicted molar refractivity (Wildman–Crippen MR) is 105 cm³/mol. The van der Waals surface area contributed by atoms with E-state index in [-0.39, 0.29) is 5.82 Å². The van der Waals surface area contributed by atoms with Gasteiger partial charge in [0.05, 0.1) is 0 Å². The molecule has 0 aromatic heterocycles. The molecule has 1 aliphatic heterocycles. The van der Waals surface area contributed by atoms with E-state index < -0.39 is 12.1 Å². The third kappa shape index (κ3) is 6.47. The molecule has 1 heterocycles. The molecule has 0 amide bonds. The van der Waals surface area contributed by atoms with Gasteiger partial charge >= 0.3 is 12.1 Å². The number of alkyl halides is 3. The summed E-state index contributed by atoms with van der Waals surface area (Å²) in [5.41, 5.74) is 3.48. The first kappa shape index (κ1) is 23.2. The Labute approximate surface area is 171 Å². The molecule has 0 atom stereocenters. The summed E-state index contributed by atoms with van der Waals surface area (Å²) in [6.45, 7) is 6.22. The van der Waals surface area contributed by atoms with E-state index in [1.54, 1.807) is 17.8 Å². The standard InChI is InChI=1S/C19H22FNS.C2HF3O2/c1-13-5-3-7-17(14(13)2)22-18-8-4-6-16(20)19(18)15-9-11-21-12-10-15;3-2(4,5)1(6)7/h3-8,15,21H,9-12H2,1-2H3;(H,6,7). The van der Waals surface area contributed by atoms with Gasteiger partial charge in [-0.2, -0.15) is 13.2 Å². The van der Waals surface area contributed by atoms with E-state index in [1.165, 1.54) is 16.0 Å². The zero-order valence-corrected chi connectivity index (χ0v) is 17.0. The van der Waals surface area contributed by atoms with Gasteiger partial charge in [0.15, 0.2) is 0 Å². The molecule has 1 aliphatic rings. The smallest absolute Gasteiger partial charge is 0.475 e. The molecular formula is C21H23F4NO2S. The lowest BCUT2D eigenvalue weighted by atomic mass is 9.90. The van der Waals surface area contributed by atoms with Crippen molar-refractivity contribution >= 4 is 17.7 Å². The Morgan fingerprint density at radius 2 is 1.62 bits per heavy atom. The van der Waals surface area contributed by atoms with E-state index in [4.69, 9.17) is 9.90 Å². The highest BCUT2D eigenvalue weighted by Crippen LogP contribution is 2.39. The van der Waals surface area contributed by atoms with Crippen molar-refractivity contribution < 1.29 is 27.5 Å². The van der Waals surface area contributed by atoms with Crippen LogP contribution in [0, 0.1) is 19.7 Å². The predicted octanol–water partition coefficient (Wildman–Crippen LogP) is 5.69. The first-order chi connectivity index (χ1) is 13.6. The third-order valence-electron chi connectivity index (χ3n) is 4.78. The molecule has 0 bridgehead atoms. The van der Waals surface area contributed by atoms with E-state index in [0.29, 0.717) is 5.92 Å². The summed E-state index contributed by atoms with van der Waals surface area (Å²) in [6.07, 6.45) is -3.05. The molecule has 0 unspecified atom stereocenters. The van der Waals surface area contributed by atoms with Gasteiger partial charge in [-0.15, -0.1) is 0 Å². The molecule has 3 nitrogen and oxygen atoms in total. The van der Waals surface area contributed by atoms with Crippen molar-refractivity contribution in [3.63, 3.8) is 0 Å². The second kappa shape index (κ2) is 10.1.